The predicted octanol–water partition coefficient (Wildman–Crippen LogP) is 2.23. The number of rotatable bonds is 3. The molecule has 0 radical (unpaired) electrons. The van der Waals surface area contributed by atoms with Crippen LogP contribution in [0.4, 0.5) is 10.6 Å². The van der Waals surface area contributed by atoms with Gasteiger partial charge in [0.2, 0.25) is 0 Å². The molecule has 4 rings (SSSR count). The van der Waals surface area contributed by atoms with Crippen LogP contribution >= 0.6 is 0 Å². The summed E-state index contributed by atoms with van der Waals surface area (Å²) < 4.78 is 5.40. The van der Waals surface area contributed by atoms with Crippen LogP contribution in [0.5, 0.6) is 6.01 Å². The molecule has 1 aromatic heterocycles. The molecule has 1 N–H and O–H groups in total. The number of aromatic nitrogens is 2. The van der Waals surface area contributed by atoms with Crippen LogP contribution in [0, 0.1) is 0 Å². The molecule has 4 heterocycles. The summed E-state index contributed by atoms with van der Waals surface area (Å²) in [5, 5.41) is 3.31. The van der Waals surface area contributed by atoms with Gasteiger partial charge in [0.25, 0.3) is 0 Å². The van der Waals surface area contributed by atoms with E-state index in [0.717, 1.165) is 24.5 Å². The maximum Gasteiger partial charge on any atom is 0.321 e. The fraction of sp³-hybridized carbons (Fsp3) is 0.636. The third kappa shape index (κ3) is 3.86. The van der Waals surface area contributed by atoms with Gasteiger partial charge in [-0.3, -0.25) is 9.89 Å². The zero-order valence-corrected chi connectivity index (χ0v) is 19.3. The van der Waals surface area contributed by atoms with E-state index in [4.69, 9.17) is 9.73 Å². The number of ether oxygens (including phenoxy) is 1. The van der Waals surface area contributed by atoms with E-state index in [-0.39, 0.29) is 17.6 Å². The molecule has 0 aromatic carbocycles. The standard InChI is InChI=1S/C22H33N7O2/c1-7-31-20-23-9-8-18(26-20)25-19-16-13-29(22(4,5)17(16)10-24-19)21(30)28-12-14(2)27(6)11-15(28)3/h8-9,14-15H,7,10-13H2,1-6H3,(H,23,24,25,26)/t14-,15+/m1/s1. The molecule has 0 unspecified atom stereocenters. The summed E-state index contributed by atoms with van der Waals surface area (Å²) >= 11 is 0. The molecule has 9 heteroatoms. The molecule has 3 aliphatic heterocycles. The Labute approximate surface area is 184 Å². The minimum absolute atomic E-state index is 0.104. The van der Waals surface area contributed by atoms with Crippen LogP contribution in [0.3, 0.4) is 0 Å². The van der Waals surface area contributed by atoms with Crippen LogP contribution < -0.4 is 10.1 Å². The molecule has 3 aliphatic rings. The highest BCUT2D eigenvalue weighted by atomic mass is 16.5. The largest absolute Gasteiger partial charge is 0.464 e. The van der Waals surface area contributed by atoms with E-state index in [2.05, 4.69) is 54.9 Å². The second-order valence-corrected chi connectivity index (χ2v) is 9.12. The molecule has 2 amide bonds. The minimum atomic E-state index is -0.381. The summed E-state index contributed by atoms with van der Waals surface area (Å²) in [4.78, 5) is 33.1. The fourth-order valence-corrected chi connectivity index (χ4v) is 4.62. The van der Waals surface area contributed by atoms with Crippen molar-refractivity contribution in [2.75, 3.05) is 45.2 Å². The van der Waals surface area contributed by atoms with Crippen molar-refractivity contribution in [2.24, 2.45) is 4.99 Å². The van der Waals surface area contributed by atoms with Crippen LogP contribution in [0.1, 0.15) is 34.6 Å². The number of nitrogens with one attached hydrogen (secondary N) is 1. The molecule has 31 heavy (non-hydrogen) atoms. The molecule has 9 nitrogen and oxygen atoms in total. The number of carbonyl (C=O) groups is 1. The monoisotopic (exact) mass is 427 g/mol. The molecular formula is C22H33N7O2. The highest BCUT2D eigenvalue weighted by molar-refractivity contribution is 6.11. The van der Waals surface area contributed by atoms with E-state index in [9.17, 15) is 4.79 Å². The van der Waals surface area contributed by atoms with Crippen molar-refractivity contribution in [3.05, 3.63) is 23.4 Å². The summed E-state index contributed by atoms with van der Waals surface area (Å²) in [6, 6.07) is 2.76. The Morgan fingerprint density at radius 1 is 1.29 bits per heavy atom. The third-order valence-electron chi connectivity index (χ3n) is 6.70. The first kappa shape index (κ1) is 21.5. The third-order valence-corrected chi connectivity index (χ3v) is 6.70. The minimum Gasteiger partial charge on any atom is -0.464 e. The molecule has 0 spiro atoms. The number of amides is 2. The lowest BCUT2D eigenvalue weighted by Gasteiger charge is -2.46. The van der Waals surface area contributed by atoms with Gasteiger partial charge in [0.15, 0.2) is 0 Å². The first-order valence-electron chi connectivity index (χ1n) is 11.0. The SMILES string of the molecule is CCOc1nccc(NC2=NCC3=C2CN(C(=O)N2C[C@@H](C)N(C)C[C@@H]2C)C3(C)C)n1. The number of piperazine rings is 1. The highest BCUT2D eigenvalue weighted by Gasteiger charge is 2.47. The predicted molar refractivity (Wildman–Crippen MR) is 121 cm³/mol. The Balaban J connectivity index is 1.51. The van der Waals surface area contributed by atoms with Gasteiger partial charge in [0.05, 0.1) is 25.2 Å². The summed E-state index contributed by atoms with van der Waals surface area (Å²) in [5.74, 6) is 1.41. The number of nitrogens with zero attached hydrogens (tertiary/aromatic N) is 6. The van der Waals surface area contributed by atoms with E-state index in [1.807, 2.05) is 16.7 Å². The lowest BCUT2D eigenvalue weighted by molar-refractivity contribution is 0.0553. The molecule has 1 saturated heterocycles. The quantitative estimate of drug-likeness (QED) is 0.796. The number of amidine groups is 1. The zero-order valence-electron chi connectivity index (χ0n) is 19.3. The Kier molecular flexibility index (Phi) is 5.63. The molecule has 1 aromatic rings. The van der Waals surface area contributed by atoms with Gasteiger partial charge in [0.1, 0.15) is 11.7 Å². The number of hydrogen-bond acceptors (Lipinski definition) is 7. The number of carbonyl (C=O) groups excluding carboxylic acids is 1. The normalized spacial score (nSPS) is 25.5. The zero-order chi connectivity index (χ0) is 22.3. The second kappa shape index (κ2) is 8.11. The Morgan fingerprint density at radius 2 is 2.06 bits per heavy atom. The maximum absolute atomic E-state index is 13.6. The fourth-order valence-electron chi connectivity index (χ4n) is 4.62. The molecule has 0 aliphatic carbocycles. The van der Waals surface area contributed by atoms with Crippen LogP contribution in [-0.4, -0.2) is 94.0 Å². The maximum atomic E-state index is 13.6. The molecule has 168 valence electrons. The van der Waals surface area contributed by atoms with Gasteiger partial charge in [0, 0.05) is 36.9 Å². The molecule has 2 atom stereocenters. The van der Waals surface area contributed by atoms with Crippen LogP contribution in [-0.2, 0) is 0 Å². The van der Waals surface area contributed by atoms with Gasteiger partial charge < -0.3 is 19.9 Å². The van der Waals surface area contributed by atoms with E-state index in [0.29, 0.717) is 37.6 Å². The Morgan fingerprint density at radius 3 is 2.81 bits per heavy atom. The number of aliphatic imine (C=N–C) groups is 1. The number of likely N-dealkylation sites (N-methyl/N-ethyl adjacent to an activating group) is 1. The molecular weight excluding hydrogens is 394 g/mol. The van der Waals surface area contributed by atoms with Crippen LogP contribution in [0.25, 0.3) is 0 Å². The highest BCUT2D eigenvalue weighted by Crippen LogP contribution is 2.39. The van der Waals surface area contributed by atoms with Crippen LogP contribution in [0.2, 0.25) is 0 Å². The molecule has 1 fully saturated rings. The smallest absolute Gasteiger partial charge is 0.321 e. The van der Waals surface area contributed by atoms with E-state index in [1.165, 1.54) is 5.57 Å². The van der Waals surface area contributed by atoms with Crippen LogP contribution in [0.15, 0.2) is 28.4 Å². The van der Waals surface area contributed by atoms with Gasteiger partial charge >= 0.3 is 12.0 Å². The second-order valence-electron chi connectivity index (χ2n) is 9.12. The lowest BCUT2D eigenvalue weighted by Crippen LogP contribution is -2.61. The Hall–Kier alpha value is -2.68. The summed E-state index contributed by atoms with van der Waals surface area (Å²) in [7, 11) is 2.12. The number of hydrogen-bond donors (Lipinski definition) is 1. The lowest BCUT2D eigenvalue weighted by atomic mass is 9.94. The average Bonchev–Trinajstić information content (AvgIpc) is 3.23. The van der Waals surface area contributed by atoms with Gasteiger partial charge in [-0.05, 0) is 53.3 Å². The summed E-state index contributed by atoms with van der Waals surface area (Å²) in [6.07, 6.45) is 1.66. The average molecular weight is 428 g/mol. The molecule has 0 bridgehead atoms. The van der Waals surface area contributed by atoms with Gasteiger partial charge in [-0.15, -0.1) is 0 Å². The van der Waals surface area contributed by atoms with Crippen molar-refractivity contribution in [1.29, 1.82) is 0 Å². The van der Waals surface area contributed by atoms with Crippen molar-refractivity contribution in [3.63, 3.8) is 0 Å². The summed E-state index contributed by atoms with van der Waals surface area (Å²) in [5.41, 5.74) is 1.90. The Bertz CT molecular complexity index is 926. The molecule has 0 saturated carbocycles. The van der Waals surface area contributed by atoms with Crippen molar-refractivity contribution in [3.8, 4) is 6.01 Å². The summed E-state index contributed by atoms with van der Waals surface area (Å²) in [6.45, 7) is 13.7. The van der Waals surface area contributed by atoms with Gasteiger partial charge in [-0.2, -0.15) is 4.98 Å². The number of urea groups is 1. The van der Waals surface area contributed by atoms with Crippen molar-refractivity contribution >= 4 is 17.7 Å². The van der Waals surface area contributed by atoms with Crippen molar-refractivity contribution in [2.45, 2.75) is 52.2 Å². The number of anilines is 1. The first-order valence-corrected chi connectivity index (χ1v) is 11.0. The first-order chi connectivity index (χ1) is 14.7. The van der Waals surface area contributed by atoms with Crippen molar-refractivity contribution in [1.82, 2.24) is 24.7 Å². The van der Waals surface area contributed by atoms with E-state index < -0.39 is 0 Å². The van der Waals surface area contributed by atoms with Gasteiger partial charge in [-0.25, -0.2) is 9.78 Å². The topological polar surface area (TPSA) is 86.2 Å². The van der Waals surface area contributed by atoms with Gasteiger partial charge in [-0.1, -0.05) is 0 Å². The van der Waals surface area contributed by atoms with E-state index >= 15 is 0 Å². The van der Waals surface area contributed by atoms with Crippen molar-refractivity contribution < 1.29 is 9.53 Å². The van der Waals surface area contributed by atoms with E-state index in [1.54, 1.807) is 12.3 Å².